The second-order valence-corrected chi connectivity index (χ2v) is 9.23. The molecule has 0 atom stereocenters. The van der Waals surface area contributed by atoms with E-state index in [4.69, 9.17) is 21.7 Å². The molecule has 26 heavy (non-hydrogen) atoms. The Hall–Kier alpha value is -1.49. The quantitative estimate of drug-likeness (QED) is 0.689. The zero-order valence-electron chi connectivity index (χ0n) is 15.3. The molecule has 0 bridgehead atoms. The van der Waals surface area contributed by atoms with Crippen molar-refractivity contribution in [2.75, 3.05) is 32.4 Å². The lowest BCUT2D eigenvalue weighted by Crippen LogP contribution is -2.48. The molecule has 144 valence electrons. The Bertz CT molecular complexity index is 891. The van der Waals surface area contributed by atoms with Gasteiger partial charge in [-0.3, -0.25) is 9.47 Å². The van der Waals surface area contributed by atoms with Gasteiger partial charge in [0.15, 0.2) is 4.77 Å². The Balaban J connectivity index is 1.76. The van der Waals surface area contributed by atoms with Gasteiger partial charge >= 0.3 is 0 Å². The Morgan fingerprint density at radius 3 is 2.50 bits per heavy atom. The van der Waals surface area contributed by atoms with Gasteiger partial charge in [0.2, 0.25) is 10.0 Å². The molecule has 1 saturated heterocycles. The van der Waals surface area contributed by atoms with Gasteiger partial charge < -0.3 is 4.42 Å². The first-order valence-electron chi connectivity index (χ1n) is 8.63. The monoisotopic (exact) mass is 399 g/mol. The minimum absolute atomic E-state index is 0.231. The van der Waals surface area contributed by atoms with Crippen LogP contribution in [0.15, 0.2) is 22.8 Å². The maximum absolute atomic E-state index is 11.6. The molecule has 0 aromatic carbocycles. The average molecular weight is 400 g/mol. The topological polar surface area (TPSA) is 76.5 Å². The van der Waals surface area contributed by atoms with Gasteiger partial charge in [0.05, 0.1) is 25.7 Å². The highest BCUT2D eigenvalue weighted by Crippen LogP contribution is 2.17. The zero-order chi connectivity index (χ0) is 18.9. The van der Waals surface area contributed by atoms with E-state index in [1.807, 2.05) is 21.4 Å². The van der Waals surface area contributed by atoms with Crippen molar-refractivity contribution in [3.63, 3.8) is 0 Å². The van der Waals surface area contributed by atoms with Crippen LogP contribution in [0, 0.1) is 4.77 Å². The highest BCUT2D eigenvalue weighted by molar-refractivity contribution is 7.88. The summed E-state index contributed by atoms with van der Waals surface area (Å²) in [5.41, 5.74) is 0. The normalized spacial score (nSPS) is 17.2. The van der Waals surface area contributed by atoms with Crippen LogP contribution in [0.25, 0.3) is 0 Å². The van der Waals surface area contributed by atoms with Gasteiger partial charge in [-0.05, 0) is 24.4 Å². The average Bonchev–Trinajstić information content (AvgIpc) is 3.18. The Morgan fingerprint density at radius 2 is 1.96 bits per heavy atom. The van der Waals surface area contributed by atoms with E-state index < -0.39 is 10.0 Å². The second kappa shape index (κ2) is 7.63. The largest absolute Gasteiger partial charge is 0.467 e. The van der Waals surface area contributed by atoms with Crippen LogP contribution in [-0.4, -0.2) is 64.4 Å². The number of aromatic nitrogens is 3. The van der Waals surface area contributed by atoms with E-state index in [1.54, 1.807) is 6.26 Å². The van der Waals surface area contributed by atoms with Crippen LogP contribution in [0.5, 0.6) is 0 Å². The minimum atomic E-state index is -3.12. The van der Waals surface area contributed by atoms with Crippen molar-refractivity contribution >= 4 is 22.2 Å². The Morgan fingerprint density at radius 1 is 1.27 bits per heavy atom. The maximum Gasteiger partial charge on any atom is 0.211 e. The number of furan rings is 1. The van der Waals surface area contributed by atoms with Crippen molar-refractivity contribution in [1.29, 1.82) is 0 Å². The number of sulfonamides is 1. The first kappa shape index (κ1) is 19.3. The van der Waals surface area contributed by atoms with E-state index >= 15 is 0 Å². The van der Waals surface area contributed by atoms with Crippen LogP contribution in [0.4, 0.5) is 0 Å². The molecular weight excluding hydrogens is 374 g/mol. The molecule has 3 rings (SSSR count). The van der Waals surface area contributed by atoms with Crippen LogP contribution in [-0.2, 0) is 23.2 Å². The van der Waals surface area contributed by atoms with Crippen molar-refractivity contribution in [1.82, 2.24) is 23.6 Å². The van der Waals surface area contributed by atoms with Gasteiger partial charge in [0.25, 0.3) is 0 Å². The van der Waals surface area contributed by atoms with Crippen molar-refractivity contribution in [3.8, 4) is 0 Å². The van der Waals surface area contributed by atoms with E-state index in [0.717, 1.165) is 11.6 Å². The van der Waals surface area contributed by atoms with E-state index in [-0.39, 0.29) is 5.92 Å². The van der Waals surface area contributed by atoms with Gasteiger partial charge in [-0.2, -0.15) is 9.40 Å². The SMILES string of the molecule is CC(C)c1nn(CN2CCN(S(C)(=O)=O)CC2)c(=S)n1Cc1ccco1. The van der Waals surface area contributed by atoms with Crippen LogP contribution < -0.4 is 0 Å². The van der Waals surface area contributed by atoms with Gasteiger partial charge in [-0.1, -0.05) is 13.8 Å². The van der Waals surface area contributed by atoms with E-state index in [9.17, 15) is 8.42 Å². The standard InChI is InChI=1S/C16H25N5O3S2/c1-13(2)15-17-21(16(25)20(15)11-14-5-4-10-24-14)12-18-6-8-19(9-7-18)26(3,22)23/h4-5,10,13H,6-9,11-12H2,1-3H3. The highest BCUT2D eigenvalue weighted by Gasteiger charge is 2.24. The number of hydrogen-bond acceptors (Lipinski definition) is 6. The second-order valence-electron chi connectivity index (χ2n) is 6.88. The van der Waals surface area contributed by atoms with Crippen molar-refractivity contribution in [3.05, 3.63) is 34.8 Å². The van der Waals surface area contributed by atoms with Gasteiger partial charge in [-0.25, -0.2) is 13.1 Å². The predicted octanol–water partition coefficient (Wildman–Crippen LogP) is 1.71. The van der Waals surface area contributed by atoms with E-state index in [1.165, 1.54) is 10.6 Å². The third-order valence-electron chi connectivity index (χ3n) is 4.50. The van der Waals surface area contributed by atoms with E-state index in [2.05, 4.69) is 18.7 Å². The molecule has 1 fully saturated rings. The minimum Gasteiger partial charge on any atom is -0.467 e. The van der Waals surface area contributed by atoms with Gasteiger partial charge in [-0.15, -0.1) is 0 Å². The van der Waals surface area contributed by atoms with Crippen molar-refractivity contribution in [2.45, 2.75) is 33.0 Å². The van der Waals surface area contributed by atoms with Crippen molar-refractivity contribution < 1.29 is 12.8 Å². The fourth-order valence-corrected chi connectivity index (χ4v) is 4.16. The maximum atomic E-state index is 11.6. The molecular formula is C16H25N5O3S2. The molecule has 0 amide bonds. The number of hydrogen-bond donors (Lipinski definition) is 0. The molecule has 0 radical (unpaired) electrons. The molecule has 10 heteroatoms. The first-order chi connectivity index (χ1) is 12.3. The van der Waals surface area contributed by atoms with Crippen LogP contribution >= 0.6 is 12.2 Å². The molecule has 3 heterocycles. The van der Waals surface area contributed by atoms with Crippen LogP contribution in [0.2, 0.25) is 0 Å². The summed E-state index contributed by atoms with van der Waals surface area (Å²) in [7, 11) is -3.12. The Labute approximate surface area is 159 Å². The lowest BCUT2D eigenvalue weighted by atomic mass is 10.2. The lowest BCUT2D eigenvalue weighted by molar-refractivity contribution is 0.144. The molecule has 1 aliphatic rings. The number of piperazine rings is 1. The fraction of sp³-hybridized carbons (Fsp3) is 0.625. The number of nitrogens with zero attached hydrogens (tertiary/aromatic N) is 5. The van der Waals surface area contributed by atoms with Gasteiger partial charge in [0, 0.05) is 32.1 Å². The molecule has 1 aliphatic heterocycles. The highest BCUT2D eigenvalue weighted by atomic mass is 32.2. The number of rotatable bonds is 6. The first-order valence-corrected chi connectivity index (χ1v) is 10.9. The third kappa shape index (κ3) is 4.25. The summed E-state index contributed by atoms with van der Waals surface area (Å²) >= 11 is 5.64. The summed E-state index contributed by atoms with van der Waals surface area (Å²) in [5, 5.41) is 4.71. The van der Waals surface area contributed by atoms with Crippen LogP contribution in [0.3, 0.4) is 0 Å². The van der Waals surface area contributed by atoms with Crippen molar-refractivity contribution in [2.24, 2.45) is 0 Å². The summed E-state index contributed by atoms with van der Waals surface area (Å²) in [6.45, 7) is 7.61. The molecule has 0 saturated carbocycles. The lowest BCUT2D eigenvalue weighted by Gasteiger charge is -2.32. The molecule has 8 nitrogen and oxygen atoms in total. The summed E-state index contributed by atoms with van der Waals surface area (Å²) in [6, 6.07) is 3.79. The summed E-state index contributed by atoms with van der Waals surface area (Å²) in [4.78, 5) is 2.17. The predicted molar refractivity (Wildman–Crippen MR) is 101 cm³/mol. The molecule has 2 aromatic rings. The molecule has 2 aromatic heterocycles. The van der Waals surface area contributed by atoms with E-state index in [0.29, 0.717) is 44.2 Å². The third-order valence-corrected chi connectivity index (χ3v) is 6.23. The van der Waals surface area contributed by atoms with Gasteiger partial charge in [0.1, 0.15) is 11.6 Å². The summed E-state index contributed by atoms with van der Waals surface area (Å²) in [6.07, 6.45) is 2.91. The molecule has 0 unspecified atom stereocenters. The molecule has 0 spiro atoms. The molecule has 0 N–H and O–H groups in total. The molecule has 0 aliphatic carbocycles. The van der Waals surface area contributed by atoms with Crippen LogP contribution in [0.1, 0.15) is 31.4 Å². The summed E-state index contributed by atoms with van der Waals surface area (Å²) < 4.78 is 34.7. The smallest absolute Gasteiger partial charge is 0.211 e. The Kier molecular flexibility index (Phi) is 5.66. The zero-order valence-corrected chi connectivity index (χ0v) is 17.0. The summed E-state index contributed by atoms with van der Waals surface area (Å²) in [5.74, 6) is 1.99. The fourth-order valence-electron chi connectivity index (χ4n) is 3.08.